The van der Waals surface area contributed by atoms with Gasteiger partial charge >= 0.3 is 5.97 Å². The molecule has 0 spiro atoms. The molecule has 114 valence electrons. The molecule has 1 aliphatic heterocycles. The highest BCUT2D eigenvalue weighted by Gasteiger charge is 2.16. The van der Waals surface area contributed by atoms with Gasteiger partial charge in [0.2, 0.25) is 0 Å². The lowest BCUT2D eigenvalue weighted by molar-refractivity contribution is 0.0465. The number of hydrogen-bond donors (Lipinski definition) is 0. The first-order valence-electron chi connectivity index (χ1n) is 6.90. The van der Waals surface area contributed by atoms with Gasteiger partial charge in [-0.15, -0.1) is 0 Å². The Balaban J connectivity index is 1.72. The van der Waals surface area contributed by atoms with Crippen LogP contribution in [0.4, 0.5) is 0 Å². The molecule has 0 fully saturated rings. The van der Waals surface area contributed by atoms with E-state index in [1.54, 1.807) is 36.5 Å². The van der Waals surface area contributed by atoms with Crippen LogP contribution in [0.3, 0.4) is 0 Å². The van der Waals surface area contributed by atoms with E-state index in [2.05, 4.69) is 4.98 Å². The van der Waals surface area contributed by atoms with Crippen LogP contribution in [0.5, 0.6) is 11.5 Å². The SMILES string of the molecule is O=C(OCc1cc(Cl)c2c(c1)OCCCO2)c1ccccn1. The fourth-order valence-electron chi connectivity index (χ4n) is 2.07. The van der Waals surface area contributed by atoms with Crippen LogP contribution < -0.4 is 9.47 Å². The molecule has 1 aromatic carbocycles. The molecule has 22 heavy (non-hydrogen) atoms. The van der Waals surface area contributed by atoms with Gasteiger partial charge in [0.1, 0.15) is 12.3 Å². The highest BCUT2D eigenvalue weighted by atomic mass is 35.5. The molecule has 0 bridgehead atoms. The van der Waals surface area contributed by atoms with E-state index in [4.69, 9.17) is 25.8 Å². The normalized spacial score (nSPS) is 13.3. The quantitative estimate of drug-likeness (QED) is 0.813. The molecule has 1 aromatic heterocycles. The van der Waals surface area contributed by atoms with Gasteiger partial charge in [0.25, 0.3) is 0 Å². The van der Waals surface area contributed by atoms with Crippen molar-refractivity contribution in [2.24, 2.45) is 0 Å². The van der Waals surface area contributed by atoms with Gasteiger partial charge < -0.3 is 14.2 Å². The van der Waals surface area contributed by atoms with Crippen molar-refractivity contribution >= 4 is 17.6 Å². The molecule has 2 heterocycles. The molecule has 0 unspecified atom stereocenters. The van der Waals surface area contributed by atoms with Crippen molar-refractivity contribution in [2.75, 3.05) is 13.2 Å². The molecular formula is C16H14ClNO4. The molecule has 0 N–H and O–H groups in total. The third kappa shape index (κ3) is 3.31. The maximum Gasteiger partial charge on any atom is 0.357 e. The number of hydrogen-bond acceptors (Lipinski definition) is 5. The van der Waals surface area contributed by atoms with Crippen molar-refractivity contribution in [3.05, 3.63) is 52.8 Å². The maximum absolute atomic E-state index is 11.9. The van der Waals surface area contributed by atoms with Gasteiger partial charge in [-0.2, -0.15) is 0 Å². The first kappa shape index (κ1) is 14.7. The highest BCUT2D eigenvalue weighted by molar-refractivity contribution is 6.32. The van der Waals surface area contributed by atoms with Crippen LogP contribution in [-0.2, 0) is 11.3 Å². The van der Waals surface area contributed by atoms with Crippen LogP contribution in [0.1, 0.15) is 22.5 Å². The van der Waals surface area contributed by atoms with E-state index in [0.29, 0.717) is 29.7 Å². The number of esters is 1. The van der Waals surface area contributed by atoms with E-state index in [1.807, 2.05) is 0 Å². The van der Waals surface area contributed by atoms with E-state index in [0.717, 1.165) is 12.0 Å². The minimum absolute atomic E-state index is 0.0891. The molecule has 0 saturated heterocycles. The van der Waals surface area contributed by atoms with Gasteiger partial charge in [-0.1, -0.05) is 17.7 Å². The summed E-state index contributed by atoms with van der Waals surface area (Å²) in [5.74, 6) is 0.636. The van der Waals surface area contributed by atoms with Crippen molar-refractivity contribution in [2.45, 2.75) is 13.0 Å². The van der Waals surface area contributed by atoms with Crippen molar-refractivity contribution < 1.29 is 19.0 Å². The first-order valence-corrected chi connectivity index (χ1v) is 7.28. The summed E-state index contributed by atoms with van der Waals surface area (Å²) in [7, 11) is 0. The molecule has 3 rings (SSSR count). The lowest BCUT2D eigenvalue weighted by Crippen LogP contribution is -2.07. The van der Waals surface area contributed by atoms with Crippen molar-refractivity contribution in [3.63, 3.8) is 0 Å². The van der Waals surface area contributed by atoms with Gasteiger partial charge in [0, 0.05) is 12.6 Å². The molecular weight excluding hydrogens is 306 g/mol. The molecule has 2 aromatic rings. The standard InChI is InChI=1S/C16H14ClNO4/c17-12-8-11(9-14-15(12)21-7-3-6-20-14)10-22-16(19)13-4-1-2-5-18-13/h1-2,4-5,8-9H,3,6-7,10H2. The smallest absolute Gasteiger partial charge is 0.357 e. The molecule has 0 radical (unpaired) electrons. The van der Waals surface area contributed by atoms with Crippen LogP contribution in [0.15, 0.2) is 36.5 Å². The van der Waals surface area contributed by atoms with Gasteiger partial charge in [-0.25, -0.2) is 9.78 Å². The molecule has 5 nitrogen and oxygen atoms in total. The Bertz CT molecular complexity index is 675. The Kier molecular flexibility index (Phi) is 4.44. The Morgan fingerprint density at radius 3 is 2.95 bits per heavy atom. The minimum Gasteiger partial charge on any atom is -0.489 e. The third-order valence-electron chi connectivity index (χ3n) is 3.11. The number of carbonyl (C=O) groups excluding carboxylic acids is 1. The number of nitrogens with zero attached hydrogens (tertiary/aromatic N) is 1. The van der Waals surface area contributed by atoms with E-state index >= 15 is 0 Å². The third-order valence-corrected chi connectivity index (χ3v) is 3.39. The second-order valence-corrected chi connectivity index (χ2v) is 5.15. The second kappa shape index (κ2) is 6.66. The molecule has 0 saturated carbocycles. The fourth-order valence-corrected chi connectivity index (χ4v) is 2.36. The summed E-state index contributed by atoms with van der Waals surface area (Å²) in [5, 5.41) is 0.447. The number of ether oxygens (including phenoxy) is 3. The first-order chi connectivity index (χ1) is 10.7. The lowest BCUT2D eigenvalue weighted by Gasteiger charge is -2.11. The summed E-state index contributed by atoms with van der Waals surface area (Å²) in [6.45, 7) is 1.23. The average molecular weight is 320 g/mol. The van der Waals surface area contributed by atoms with Crippen LogP contribution >= 0.6 is 11.6 Å². The number of carbonyl (C=O) groups is 1. The molecule has 0 atom stereocenters. The number of aromatic nitrogens is 1. The fraction of sp³-hybridized carbons (Fsp3) is 0.250. The van der Waals surface area contributed by atoms with Crippen molar-refractivity contribution in [1.82, 2.24) is 4.98 Å². The summed E-state index contributed by atoms with van der Waals surface area (Å²) in [6, 6.07) is 8.55. The number of pyridine rings is 1. The summed E-state index contributed by atoms with van der Waals surface area (Å²) in [4.78, 5) is 15.8. The molecule has 0 aliphatic carbocycles. The molecule has 1 aliphatic rings. The highest BCUT2D eigenvalue weighted by Crippen LogP contribution is 2.38. The summed E-state index contributed by atoms with van der Waals surface area (Å²) in [5.41, 5.74) is 1.00. The topological polar surface area (TPSA) is 57.7 Å². The second-order valence-electron chi connectivity index (χ2n) is 4.75. The summed E-state index contributed by atoms with van der Waals surface area (Å²) >= 11 is 6.19. The van der Waals surface area contributed by atoms with Crippen LogP contribution in [0.25, 0.3) is 0 Å². The number of halogens is 1. The zero-order valence-corrected chi connectivity index (χ0v) is 12.5. The van der Waals surface area contributed by atoms with Crippen LogP contribution in [0.2, 0.25) is 5.02 Å². The van der Waals surface area contributed by atoms with Gasteiger partial charge in [-0.3, -0.25) is 0 Å². The van der Waals surface area contributed by atoms with E-state index in [9.17, 15) is 4.79 Å². The number of fused-ring (bicyclic) bond motifs is 1. The Labute approximate surface area is 132 Å². The van der Waals surface area contributed by atoms with Crippen LogP contribution in [0, 0.1) is 0 Å². The van der Waals surface area contributed by atoms with Crippen molar-refractivity contribution in [1.29, 1.82) is 0 Å². The zero-order chi connectivity index (χ0) is 15.4. The number of benzene rings is 1. The predicted octanol–water partition coefficient (Wildman–Crippen LogP) is 3.25. The number of rotatable bonds is 3. The van der Waals surface area contributed by atoms with E-state index in [-0.39, 0.29) is 12.3 Å². The predicted molar refractivity (Wildman–Crippen MR) is 80.4 cm³/mol. The molecule has 6 heteroatoms. The molecule has 0 amide bonds. The van der Waals surface area contributed by atoms with Crippen molar-refractivity contribution in [3.8, 4) is 11.5 Å². The zero-order valence-electron chi connectivity index (χ0n) is 11.8. The summed E-state index contributed by atoms with van der Waals surface area (Å²) < 4.78 is 16.4. The maximum atomic E-state index is 11.9. The van der Waals surface area contributed by atoms with E-state index < -0.39 is 5.97 Å². The minimum atomic E-state index is -0.483. The van der Waals surface area contributed by atoms with Gasteiger partial charge in [0.05, 0.1) is 18.2 Å². The monoisotopic (exact) mass is 319 g/mol. The average Bonchev–Trinajstić information content (AvgIpc) is 2.79. The Hall–Kier alpha value is -2.27. The summed E-state index contributed by atoms with van der Waals surface area (Å²) in [6.07, 6.45) is 2.34. The largest absolute Gasteiger partial charge is 0.489 e. The van der Waals surface area contributed by atoms with Gasteiger partial charge in [-0.05, 0) is 29.8 Å². The van der Waals surface area contributed by atoms with E-state index in [1.165, 1.54) is 0 Å². The Morgan fingerprint density at radius 1 is 1.27 bits per heavy atom. The lowest BCUT2D eigenvalue weighted by atomic mass is 10.2. The van der Waals surface area contributed by atoms with Gasteiger partial charge in [0.15, 0.2) is 11.5 Å². The Morgan fingerprint density at radius 2 is 2.14 bits per heavy atom. The van der Waals surface area contributed by atoms with Crippen LogP contribution in [-0.4, -0.2) is 24.2 Å².